The van der Waals surface area contributed by atoms with Crippen LogP contribution in [0.5, 0.6) is 0 Å². The molecule has 0 fully saturated rings. The van der Waals surface area contributed by atoms with Crippen LogP contribution < -0.4 is 0 Å². The van der Waals surface area contributed by atoms with Gasteiger partial charge in [-0.2, -0.15) is 0 Å². The number of rotatable bonds is 1. The highest BCUT2D eigenvalue weighted by Gasteiger charge is 2.03. The van der Waals surface area contributed by atoms with E-state index in [9.17, 15) is 4.91 Å². The zero-order valence-corrected chi connectivity index (χ0v) is 6.56. The Morgan fingerprint density at radius 2 is 2.42 bits per heavy atom. The average molecular weight is 161 g/mol. The standard InChI is InChI=1S/C8H7N3O/c1-6-3-2-4-11-7(10-12)5-9-8(6)11/h2-5H,1H3. The van der Waals surface area contributed by atoms with E-state index >= 15 is 0 Å². The normalized spacial score (nSPS) is 10.4. The van der Waals surface area contributed by atoms with Gasteiger partial charge in [0.25, 0.3) is 0 Å². The van der Waals surface area contributed by atoms with Gasteiger partial charge < -0.3 is 0 Å². The van der Waals surface area contributed by atoms with Crippen molar-refractivity contribution in [3.8, 4) is 0 Å². The lowest BCUT2D eigenvalue weighted by Crippen LogP contribution is -1.85. The Kier molecular flexibility index (Phi) is 1.40. The Balaban J connectivity index is 2.88. The second-order valence-electron chi connectivity index (χ2n) is 2.59. The van der Waals surface area contributed by atoms with Crippen LogP contribution in [0, 0.1) is 11.8 Å². The second-order valence-corrected chi connectivity index (χ2v) is 2.59. The molecule has 0 aromatic carbocycles. The molecule has 0 N–H and O–H groups in total. The minimum absolute atomic E-state index is 0.341. The lowest BCUT2D eigenvalue weighted by molar-refractivity contribution is 1.14. The van der Waals surface area contributed by atoms with E-state index in [1.165, 1.54) is 6.20 Å². The van der Waals surface area contributed by atoms with Crippen LogP contribution in [-0.2, 0) is 0 Å². The largest absolute Gasteiger partial charge is 0.282 e. The summed E-state index contributed by atoms with van der Waals surface area (Å²) in [5, 5.41) is 2.85. The summed E-state index contributed by atoms with van der Waals surface area (Å²) in [6, 6.07) is 3.80. The van der Waals surface area contributed by atoms with Crippen molar-refractivity contribution in [3.63, 3.8) is 0 Å². The molecular formula is C8H7N3O. The van der Waals surface area contributed by atoms with Crippen molar-refractivity contribution in [2.45, 2.75) is 6.92 Å². The van der Waals surface area contributed by atoms with E-state index in [-0.39, 0.29) is 0 Å². The van der Waals surface area contributed by atoms with Crippen LogP contribution >= 0.6 is 0 Å². The quantitative estimate of drug-likeness (QED) is 0.601. The summed E-state index contributed by atoms with van der Waals surface area (Å²) in [6.45, 7) is 1.94. The Bertz CT molecular complexity index is 433. The molecule has 2 aromatic rings. The Morgan fingerprint density at radius 1 is 1.58 bits per heavy atom. The van der Waals surface area contributed by atoms with Crippen LogP contribution in [0.1, 0.15) is 5.56 Å². The molecule has 0 unspecified atom stereocenters. The maximum Gasteiger partial charge on any atom is 0.201 e. The predicted octanol–water partition coefficient (Wildman–Crippen LogP) is 2.04. The van der Waals surface area contributed by atoms with E-state index in [0.29, 0.717) is 5.82 Å². The van der Waals surface area contributed by atoms with Crippen molar-refractivity contribution in [2.24, 2.45) is 5.18 Å². The molecule has 0 aliphatic carbocycles. The number of hydrogen-bond donors (Lipinski definition) is 0. The van der Waals surface area contributed by atoms with Crippen molar-refractivity contribution in [1.29, 1.82) is 0 Å². The summed E-state index contributed by atoms with van der Waals surface area (Å²) in [5.41, 5.74) is 1.82. The van der Waals surface area contributed by atoms with Gasteiger partial charge in [-0.05, 0) is 23.7 Å². The molecule has 0 saturated heterocycles. The molecule has 2 heterocycles. The van der Waals surface area contributed by atoms with Gasteiger partial charge in [-0.25, -0.2) is 4.98 Å². The fraction of sp³-hybridized carbons (Fsp3) is 0.125. The summed E-state index contributed by atoms with van der Waals surface area (Å²) in [7, 11) is 0. The van der Waals surface area contributed by atoms with Crippen molar-refractivity contribution in [2.75, 3.05) is 0 Å². The van der Waals surface area contributed by atoms with Crippen molar-refractivity contribution in [3.05, 3.63) is 35.0 Å². The maximum atomic E-state index is 10.3. The number of nitroso groups, excluding NO2 is 1. The van der Waals surface area contributed by atoms with Crippen molar-refractivity contribution >= 4 is 11.5 Å². The molecule has 0 atom stereocenters. The highest BCUT2D eigenvalue weighted by molar-refractivity contribution is 5.52. The Hall–Kier alpha value is -1.71. The Labute approximate surface area is 68.8 Å². The molecule has 0 saturated carbocycles. The SMILES string of the molecule is Cc1cccn2c(N=O)cnc12. The molecule has 12 heavy (non-hydrogen) atoms. The Morgan fingerprint density at radius 3 is 3.17 bits per heavy atom. The molecule has 2 rings (SSSR count). The molecule has 0 amide bonds. The molecule has 0 aliphatic heterocycles. The van der Waals surface area contributed by atoms with Crippen molar-refractivity contribution < 1.29 is 0 Å². The van der Waals surface area contributed by atoms with Crippen LogP contribution in [0.15, 0.2) is 29.7 Å². The summed E-state index contributed by atoms with van der Waals surface area (Å²) in [5.74, 6) is 0.341. The van der Waals surface area contributed by atoms with Crippen LogP contribution in [0.4, 0.5) is 5.82 Å². The van der Waals surface area contributed by atoms with Crippen LogP contribution in [0.25, 0.3) is 5.65 Å². The molecule has 4 heteroatoms. The fourth-order valence-electron chi connectivity index (χ4n) is 1.21. The van der Waals surface area contributed by atoms with Gasteiger partial charge in [0.2, 0.25) is 5.82 Å². The molecule has 2 aromatic heterocycles. The lowest BCUT2D eigenvalue weighted by atomic mass is 10.3. The lowest BCUT2D eigenvalue weighted by Gasteiger charge is -1.95. The summed E-state index contributed by atoms with van der Waals surface area (Å²) >= 11 is 0. The zero-order valence-electron chi connectivity index (χ0n) is 6.56. The van der Waals surface area contributed by atoms with Gasteiger partial charge in [0.15, 0.2) is 0 Å². The number of fused-ring (bicyclic) bond motifs is 1. The van der Waals surface area contributed by atoms with E-state index in [1.807, 2.05) is 19.1 Å². The van der Waals surface area contributed by atoms with Crippen LogP contribution in [0.2, 0.25) is 0 Å². The van der Waals surface area contributed by atoms with E-state index in [4.69, 9.17) is 0 Å². The third-order valence-corrected chi connectivity index (χ3v) is 1.80. The number of pyridine rings is 1. The first-order valence-electron chi connectivity index (χ1n) is 3.59. The average Bonchev–Trinajstić information content (AvgIpc) is 2.49. The number of aromatic nitrogens is 2. The maximum absolute atomic E-state index is 10.3. The van der Waals surface area contributed by atoms with Crippen LogP contribution in [0.3, 0.4) is 0 Å². The molecule has 0 spiro atoms. The van der Waals surface area contributed by atoms with E-state index < -0.39 is 0 Å². The molecule has 4 nitrogen and oxygen atoms in total. The highest BCUT2D eigenvalue weighted by Crippen LogP contribution is 2.16. The predicted molar refractivity (Wildman–Crippen MR) is 45.4 cm³/mol. The number of nitrogens with zero attached hydrogens (tertiary/aromatic N) is 3. The van der Waals surface area contributed by atoms with E-state index in [2.05, 4.69) is 10.2 Å². The third-order valence-electron chi connectivity index (χ3n) is 1.80. The molecule has 0 radical (unpaired) electrons. The van der Waals surface area contributed by atoms with Gasteiger partial charge in [-0.3, -0.25) is 4.40 Å². The van der Waals surface area contributed by atoms with Gasteiger partial charge in [-0.15, -0.1) is 4.91 Å². The monoisotopic (exact) mass is 161 g/mol. The minimum Gasteiger partial charge on any atom is -0.282 e. The number of hydrogen-bond acceptors (Lipinski definition) is 3. The number of aryl methyl sites for hydroxylation is 1. The van der Waals surface area contributed by atoms with Crippen molar-refractivity contribution in [1.82, 2.24) is 9.38 Å². The van der Waals surface area contributed by atoms with Gasteiger partial charge in [-0.1, -0.05) is 6.07 Å². The molecular weight excluding hydrogens is 154 g/mol. The zero-order chi connectivity index (χ0) is 8.55. The van der Waals surface area contributed by atoms with E-state index in [0.717, 1.165) is 11.2 Å². The third kappa shape index (κ3) is 0.812. The first-order chi connectivity index (χ1) is 5.83. The van der Waals surface area contributed by atoms with Gasteiger partial charge in [0.05, 0.1) is 6.20 Å². The molecule has 0 bridgehead atoms. The van der Waals surface area contributed by atoms with Gasteiger partial charge in [0.1, 0.15) is 5.65 Å². The first kappa shape index (κ1) is 6.97. The topological polar surface area (TPSA) is 46.7 Å². The summed E-state index contributed by atoms with van der Waals surface area (Å²) < 4.78 is 1.67. The number of imidazole rings is 1. The summed E-state index contributed by atoms with van der Waals surface area (Å²) in [6.07, 6.45) is 3.24. The first-order valence-corrected chi connectivity index (χ1v) is 3.59. The second kappa shape index (κ2) is 2.41. The minimum atomic E-state index is 0.341. The smallest absolute Gasteiger partial charge is 0.201 e. The van der Waals surface area contributed by atoms with E-state index in [1.54, 1.807) is 10.6 Å². The summed E-state index contributed by atoms with van der Waals surface area (Å²) in [4.78, 5) is 14.3. The highest BCUT2D eigenvalue weighted by atomic mass is 16.3. The van der Waals surface area contributed by atoms with Gasteiger partial charge in [0, 0.05) is 6.20 Å². The van der Waals surface area contributed by atoms with Gasteiger partial charge >= 0.3 is 0 Å². The molecule has 60 valence electrons. The fourth-order valence-corrected chi connectivity index (χ4v) is 1.21. The van der Waals surface area contributed by atoms with Crippen LogP contribution in [-0.4, -0.2) is 9.38 Å². The molecule has 0 aliphatic rings.